The number of carbonyl (C=O) groups excluding carboxylic acids is 1. The van der Waals surface area contributed by atoms with Gasteiger partial charge in [0.15, 0.2) is 5.11 Å². The molecule has 0 saturated carbocycles. The third-order valence-electron chi connectivity index (χ3n) is 3.84. The fourth-order valence-corrected chi connectivity index (χ4v) is 2.63. The average Bonchev–Trinajstić information content (AvgIpc) is 2.65. The van der Waals surface area contributed by atoms with Crippen molar-refractivity contribution in [3.8, 4) is 0 Å². The lowest BCUT2D eigenvalue weighted by Gasteiger charge is -2.19. The molecule has 0 aliphatic carbocycles. The Hall–Kier alpha value is -2.16. The summed E-state index contributed by atoms with van der Waals surface area (Å²) in [6, 6.07) is 13.6. The first-order valence-corrected chi connectivity index (χ1v) is 9.65. The predicted octanol–water partition coefficient (Wildman–Crippen LogP) is 3.22. The van der Waals surface area contributed by atoms with Crippen molar-refractivity contribution >= 4 is 35.5 Å². The summed E-state index contributed by atoms with van der Waals surface area (Å²) < 4.78 is 4.66. The minimum absolute atomic E-state index is 0.139. The Morgan fingerprint density at radius 3 is 2.44 bits per heavy atom. The largest absolute Gasteiger partial charge is 0.370 e. The van der Waals surface area contributed by atoms with Gasteiger partial charge in [-0.2, -0.15) is 0 Å². The van der Waals surface area contributed by atoms with Crippen LogP contribution < -0.4 is 15.8 Å². The van der Waals surface area contributed by atoms with Gasteiger partial charge in [-0.15, -0.1) is 0 Å². The number of hydrogen-bond donors (Lipinski definition) is 3. The number of carbonyl (C=O) groups is 1. The normalized spacial score (nSPS) is 11.0. The number of thiocarbonyl (C=S) groups is 1. The summed E-state index contributed by atoms with van der Waals surface area (Å²) in [6.07, 6.45) is 0. The van der Waals surface area contributed by atoms with E-state index in [0.717, 1.165) is 5.56 Å². The van der Waals surface area contributed by atoms with Gasteiger partial charge in [0.1, 0.15) is 17.9 Å². The second-order valence-electron chi connectivity index (χ2n) is 6.96. The molecule has 0 radical (unpaired) electrons. The molecule has 0 aliphatic heterocycles. The first-order valence-electron chi connectivity index (χ1n) is 8.44. The summed E-state index contributed by atoms with van der Waals surface area (Å²) in [7, 11) is 0. The van der Waals surface area contributed by atoms with E-state index < -0.39 is 5.97 Å². The molecule has 0 saturated heterocycles. The fourth-order valence-electron chi connectivity index (χ4n) is 2.32. The van der Waals surface area contributed by atoms with Crippen LogP contribution in [-0.4, -0.2) is 16.1 Å². The monoisotopic (exact) mass is 404 g/mol. The van der Waals surface area contributed by atoms with Crippen molar-refractivity contribution in [2.24, 2.45) is 5.14 Å². The number of nitrogens with zero attached hydrogens (tertiary/aromatic N) is 1. The molecule has 4 N–H and O–H groups in total. The summed E-state index contributed by atoms with van der Waals surface area (Å²) in [6.45, 7) is 7.60. The summed E-state index contributed by atoms with van der Waals surface area (Å²) in [5, 5.41) is 11.9. The third-order valence-corrected chi connectivity index (χ3v) is 4.38. The topological polar surface area (TPSA) is 89.3 Å². The number of rotatable bonds is 6. The molecule has 1 heterocycles. The highest BCUT2D eigenvalue weighted by Gasteiger charge is 2.13. The zero-order valence-corrected chi connectivity index (χ0v) is 17.2. The molecular formula is C19H24N4O2S2. The maximum atomic E-state index is 11.6. The molecule has 1 aromatic carbocycles. The lowest BCUT2D eigenvalue weighted by Crippen LogP contribution is -2.34. The molecule has 8 heteroatoms. The Morgan fingerprint density at radius 2 is 1.81 bits per heavy atom. The van der Waals surface area contributed by atoms with Crippen molar-refractivity contribution in [1.29, 1.82) is 0 Å². The van der Waals surface area contributed by atoms with Crippen LogP contribution in [0.5, 0.6) is 0 Å². The maximum Gasteiger partial charge on any atom is 0.370 e. The Bertz CT molecular complexity index is 789. The van der Waals surface area contributed by atoms with E-state index >= 15 is 0 Å². The van der Waals surface area contributed by atoms with Gasteiger partial charge in [-0.3, -0.25) is 0 Å². The van der Waals surface area contributed by atoms with E-state index in [1.807, 2.05) is 0 Å². The van der Waals surface area contributed by atoms with Gasteiger partial charge in [0.2, 0.25) is 0 Å². The van der Waals surface area contributed by atoms with Crippen LogP contribution in [0.4, 0.5) is 0 Å². The number of pyridine rings is 1. The van der Waals surface area contributed by atoms with Crippen molar-refractivity contribution in [1.82, 2.24) is 15.6 Å². The highest BCUT2D eigenvalue weighted by molar-refractivity contribution is 7.92. The molecule has 0 aliphatic rings. The molecular weight excluding hydrogens is 380 g/mol. The van der Waals surface area contributed by atoms with Crippen molar-refractivity contribution in [3.05, 3.63) is 65.0 Å². The van der Waals surface area contributed by atoms with Gasteiger partial charge < -0.3 is 14.8 Å². The second kappa shape index (κ2) is 9.68. The van der Waals surface area contributed by atoms with E-state index in [2.05, 4.69) is 64.8 Å². The number of hydrogen-bond acceptors (Lipinski definition) is 6. The zero-order valence-electron chi connectivity index (χ0n) is 15.6. The van der Waals surface area contributed by atoms with E-state index in [4.69, 9.17) is 17.4 Å². The van der Waals surface area contributed by atoms with E-state index in [1.165, 1.54) is 5.56 Å². The van der Waals surface area contributed by atoms with Crippen LogP contribution in [0.3, 0.4) is 0 Å². The maximum absolute atomic E-state index is 11.6. The molecule has 0 amide bonds. The van der Waals surface area contributed by atoms with Crippen molar-refractivity contribution in [2.75, 3.05) is 0 Å². The smallest absolute Gasteiger partial charge is 0.370 e. The second-order valence-corrected chi connectivity index (χ2v) is 7.73. The molecule has 0 unspecified atom stereocenters. The molecule has 2 rings (SSSR count). The lowest BCUT2D eigenvalue weighted by molar-refractivity contribution is 0.0762. The van der Waals surface area contributed by atoms with Gasteiger partial charge in [0, 0.05) is 6.54 Å². The minimum atomic E-state index is -0.580. The van der Waals surface area contributed by atoms with Crippen LogP contribution in [0, 0.1) is 0 Å². The molecule has 144 valence electrons. The first-order chi connectivity index (χ1) is 12.8. The van der Waals surface area contributed by atoms with Gasteiger partial charge in [0.05, 0.1) is 12.2 Å². The molecule has 27 heavy (non-hydrogen) atoms. The molecule has 0 bridgehead atoms. The molecule has 0 spiro atoms. The van der Waals surface area contributed by atoms with Gasteiger partial charge in [0.25, 0.3) is 0 Å². The molecule has 0 fully saturated rings. The fraction of sp³-hybridized carbons (Fsp3) is 0.316. The van der Waals surface area contributed by atoms with E-state index in [0.29, 0.717) is 36.1 Å². The number of nitrogens with two attached hydrogens (primary N) is 1. The lowest BCUT2D eigenvalue weighted by atomic mass is 9.87. The summed E-state index contributed by atoms with van der Waals surface area (Å²) in [5.41, 5.74) is 3.45. The Morgan fingerprint density at radius 1 is 1.15 bits per heavy atom. The standard InChI is InChI=1S/C19H24N4O2S2/c1-19(2,3)14-9-7-13(8-10-14)11-21-18(26)22-12-15-5-4-6-16(23-15)17(24)25-27-20/h4-10H,11-12,20H2,1-3H3,(H2,21,22,26). The summed E-state index contributed by atoms with van der Waals surface area (Å²) in [5.74, 6) is -0.580. The Balaban J connectivity index is 1.83. The quantitative estimate of drug-likeness (QED) is 0.384. The molecule has 6 nitrogen and oxygen atoms in total. The van der Waals surface area contributed by atoms with Gasteiger partial charge >= 0.3 is 5.97 Å². The van der Waals surface area contributed by atoms with Gasteiger partial charge in [-0.25, -0.2) is 14.9 Å². The highest BCUT2D eigenvalue weighted by Crippen LogP contribution is 2.22. The third kappa shape index (κ3) is 6.82. The van der Waals surface area contributed by atoms with E-state index in [-0.39, 0.29) is 11.1 Å². The van der Waals surface area contributed by atoms with Crippen molar-refractivity contribution < 1.29 is 8.98 Å². The predicted molar refractivity (Wildman–Crippen MR) is 113 cm³/mol. The number of aromatic nitrogens is 1. The van der Waals surface area contributed by atoms with Crippen LogP contribution in [-0.2, 0) is 22.7 Å². The van der Waals surface area contributed by atoms with Crippen LogP contribution in [0.15, 0.2) is 42.5 Å². The molecule has 2 aromatic rings. The minimum Gasteiger partial charge on any atom is -0.370 e. The molecule has 0 atom stereocenters. The number of nitrogens with one attached hydrogen (secondary N) is 2. The van der Waals surface area contributed by atoms with Crippen LogP contribution in [0.2, 0.25) is 0 Å². The SMILES string of the molecule is CC(C)(C)c1ccc(CNC(=S)NCc2cccc(C(=O)OSN)n2)cc1. The van der Waals surface area contributed by atoms with Gasteiger partial charge in [-0.05, 0) is 40.9 Å². The Kier molecular flexibility index (Phi) is 7.58. The zero-order chi connectivity index (χ0) is 19.9. The number of benzene rings is 1. The summed E-state index contributed by atoms with van der Waals surface area (Å²) >= 11 is 5.80. The first kappa shape index (κ1) is 21.1. The van der Waals surface area contributed by atoms with Gasteiger partial charge in [-0.1, -0.05) is 51.1 Å². The van der Waals surface area contributed by atoms with Crippen LogP contribution >= 0.6 is 24.4 Å². The average molecular weight is 405 g/mol. The van der Waals surface area contributed by atoms with Crippen molar-refractivity contribution in [2.45, 2.75) is 39.3 Å². The Labute approximate surface area is 169 Å². The van der Waals surface area contributed by atoms with Crippen LogP contribution in [0.25, 0.3) is 0 Å². The van der Waals surface area contributed by atoms with Crippen molar-refractivity contribution in [3.63, 3.8) is 0 Å². The van der Waals surface area contributed by atoms with Crippen LogP contribution in [0.1, 0.15) is 48.1 Å². The van der Waals surface area contributed by atoms with E-state index in [9.17, 15) is 4.79 Å². The summed E-state index contributed by atoms with van der Waals surface area (Å²) in [4.78, 5) is 15.9. The molecule has 1 aromatic heterocycles. The highest BCUT2D eigenvalue weighted by atomic mass is 32.2. The van der Waals surface area contributed by atoms with E-state index in [1.54, 1.807) is 18.2 Å².